The summed E-state index contributed by atoms with van der Waals surface area (Å²) in [6.45, 7) is 9.27. The molecule has 0 amide bonds. The van der Waals surface area contributed by atoms with Gasteiger partial charge in [-0.05, 0) is 25.7 Å². The summed E-state index contributed by atoms with van der Waals surface area (Å²) in [6.07, 6.45) is 1.54. The number of ether oxygens (including phenoxy) is 1. The number of aliphatic hydroxyl groups excluding tert-OH is 2. The van der Waals surface area contributed by atoms with Crippen LogP contribution in [0.25, 0.3) is 0 Å². The van der Waals surface area contributed by atoms with Crippen molar-refractivity contribution in [2.75, 3.05) is 19.8 Å². The lowest BCUT2D eigenvalue weighted by molar-refractivity contribution is -0.00983. The van der Waals surface area contributed by atoms with E-state index in [9.17, 15) is 5.11 Å². The Balaban J connectivity index is 3.61. The van der Waals surface area contributed by atoms with Gasteiger partial charge in [0.25, 0.3) is 0 Å². The third kappa shape index (κ3) is 9.53. The third-order valence-corrected chi connectivity index (χ3v) is 2.73. The second-order valence-electron chi connectivity index (χ2n) is 5.12. The van der Waals surface area contributed by atoms with E-state index in [1.165, 1.54) is 0 Å². The Morgan fingerprint density at radius 3 is 2.35 bits per heavy atom. The first-order chi connectivity index (χ1) is 7.99. The molecule has 0 aromatic heterocycles. The van der Waals surface area contributed by atoms with Gasteiger partial charge in [-0.1, -0.05) is 20.8 Å². The number of rotatable bonds is 10. The number of hydrogen-bond donors (Lipinski definition) is 3. The fourth-order valence-electron chi connectivity index (χ4n) is 1.71. The molecule has 0 aliphatic carbocycles. The molecule has 4 heteroatoms. The molecular formula is C13H29NO3. The Bertz CT molecular complexity index is 172. The molecule has 3 atom stereocenters. The summed E-state index contributed by atoms with van der Waals surface area (Å²) in [5.41, 5.74) is 0. The summed E-state index contributed by atoms with van der Waals surface area (Å²) < 4.78 is 5.56. The molecule has 0 aromatic rings. The Kier molecular flexibility index (Phi) is 9.74. The van der Waals surface area contributed by atoms with Gasteiger partial charge in [0, 0.05) is 12.6 Å². The summed E-state index contributed by atoms with van der Waals surface area (Å²) >= 11 is 0. The van der Waals surface area contributed by atoms with Crippen LogP contribution in [0.2, 0.25) is 0 Å². The average molecular weight is 247 g/mol. The van der Waals surface area contributed by atoms with Crippen molar-refractivity contribution < 1.29 is 14.9 Å². The van der Waals surface area contributed by atoms with E-state index in [0.717, 1.165) is 12.8 Å². The van der Waals surface area contributed by atoms with Crippen molar-refractivity contribution in [3.05, 3.63) is 0 Å². The normalized spacial score (nSPS) is 17.1. The molecular weight excluding hydrogens is 218 g/mol. The van der Waals surface area contributed by atoms with E-state index in [4.69, 9.17) is 9.84 Å². The molecule has 0 saturated heterocycles. The minimum Gasteiger partial charge on any atom is -0.395 e. The summed E-state index contributed by atoms with van der Waals surface area (Å²) in [7, 11) is 0. The van der Waals surface area contributed by atoms with Crippen molar-refractivity contribution in [2.45, 2.75) is 58.8 Å². The first-order valence-corrected chi connectivity index (χ1v) is 6.63. The van der Waals surface area contributed by atoms with Crippen molar-refractivity contribution in [1.29, 1.82) is 0 Å². The van der Waals surface area contributed by atoms with E-state index in [0.29, 0.717) is 19.1 Å². The molecule has 0 saturated carbocycles. The van der Waals surface area contributed by atoms with Gasteiger partial charge in [-0.25, -0.2) is 0 Å². The zero-order valence-electron chi connectivity index (χ0n) is 11.6. The van der Waals surface area contributed by atoms with Gasteiger partial charge in [0.2, 0.25) is 0 Å². The lowest BCUT2D eigenvalue weighted by Crippen LogP contribution is -2.39. The maximum atomic E-state index is 9.70. The van der Waals surface area contributed by atoms with Gasteiger partial charge in [-0.15, -0.1) is 0 Å². The summed E-state index contributed by atoms with van der Waals surface area (Å²) in [4.78, 5) is 0. The Morgan fingerprint density at radius 1 is 1.24 bits per heavy atom. The Hall–Kier alpha value is -0.160. The molecule has 17 heavy (non-hydrogen) atoms. The van der Waals surface area contributed by atoms with Crippen molar-refractivity contribution >= 4 is 0 Å². The quantitative estimate of drug-likeness (QED) is 0.542. The SMILES string of the molecule is CCC(CO)NCC(O)COC(C)CC(C)C. The standard InChI is InChI=1S/C13H29NO3/c1-5-12(8-15)14-7-13(16)9-17-11(4)6-10(2)3/h10-16H,5-9H2,1-4H3. The molecule has 0 aliphatic rings. The summed E-state index contributed by atoms with van der Waals surface area (Å²) in [5.74, 6) is 0.610. The van der Waals surface area contributed by atoms with E-state index in [2.05, 4.69) is 19.2 Å². The highest BCUT2D eigenvalue weighted by Gasteiger charge is 2.11. The molecule has 104 valence electrons. The van der Waals surface area contributed by atoms with Crippen LogP contribution in [0.4, 0.5) is 0 Å². The Morgan fingerprint density at radius 2 is 1.88 bits per heavy atom. The second-order valence-corrected chi connectivity index (χ2v) is 5.12. The van der Waals surface area contributed by atoms with Crippen LogP contribution in [0.1, 0.15) is 40.5 Å². The predicted molar refractivity (Wildman–Crippen MR) is 70.0 cm³/mol. The zero-order chi connectivity index (χ0) is 13.3. The molecule has 0 aromatic carbocycles. The van der Waals surface area contributed by atoms with Crippen LogP contribution in [-0.4, -0.2) is 48.2 Å². The van der Waals surface area contributed by atoms with Gasteiger partial charge in [0.05, 0.1) is 25.4 Å². The van der Waals surface area contributed by atoms with Crippen LogP contribution in [0.3, 0.4) is 0 Å². The van der Waals surface area contributed by atoms with Crippen LogP contribution < -0.4 is 5.32 Å². The number of hydrogen-bond acceptors (Lipinski definition) is 4. The van der Waals surface area contributed by atoms with Crippen molar-refractivity contribution in [2.24, 2.45) is 5.92 Å². The fraction of sp³-hybridized carbons (Fsp3) is 1.00. The molecule has 0 rings (SSSR count). The monoisotopic (exact) mass is 247 g/mol. The van der Waals surface area contributed by atoms with Crippen LogP contribution in [0.5, 0.6) is 0 Å². The van der Waals surface area contributed by atoms with Crippen LogP contribution >= 0.6 is 0 Å². The van der Waals surface area contributed by atoms with Crippen LogP contribution in [-0.2, 0) is 4.74 Å². The average Bonchev–Trinajstić information content (AvgIpc) is 2.27. The molecule has 0 bridgehead atoms. The minimum absolute atomic E-state index is 0.0673. The zero-order valence-corrected chi connectivity index (χ0v) is 11.6. The van der Waals surface area contributed by atoms with Gasteiger partial charge in [-0.2, -0.15) is 0 Å². The molecule has 0 radical (unpaired) electrons. The predicted octanol–water partition coefficient (Wildman–Crippen LogP) is 1.16. The van der Waals surface area contributed by atoms with Gasteiger partial charge < -0.3 is 20.3 Å². The molecule has 3 unspecified atom stereocenters. The highest BCUT2D eigenvalue weighted by atomic mass is 16.5. The highest BCUT2D eigenvalue weighted by molar-refractivity contribution is 4.67. The Labute approximate surface area is 105 Å². The highest BCUT2D eigenvalue weighted by Crippen LogP contribution is 2.07. The van der Waals surface area contributed by atoms with Crippen molar-refractivity contribution in [1.82, 2.24) is 5.32 Å². The van der Waals surface area contributed by atoms with Gasteiger partial charge >= 0.3 is 0 Å². The smallest absolute Gasteiger partial charge is 0.0897 e. The van der Waals surface area contributed by atoms with E-state index in [1.54, 1.807) is 0 Å². The molecule has 3 N–H and O–H groups in total. The van der Waals surface area contributed by atoms with Crippen molar-refractivity contribution in [3.63, 3.8) is 0 Å². The maximum Gasteiger partial charge on any atom is 0.0897 e. The second kappa shape index (κ2) is 9.83. The first-order valence-electron chi connectivity index (χ1n) is 6.63. The topological polar surface area (TPSA) is 61.7 Å². The maximum absolute atomic E-state index is 9.70. The minimum atomic E-state index is -0.509. The van der Waals surface area contributed by atoms with E-state index in [1.807, 2.05) is 13.8 Å². The lowest BCUT2D eigenvalue weighted by Gasteiger charge is -2.20. The summed E-state index contributed by atoms with van der Waals surface area (Å²) in [5, 5.41) is 21.8. The van der Waals surface area contributed by atoms with Gasteiger partial charge in [0.1, 0.15) is 0 Å². The van der Waals surface area contributed by atoms with Crippen LogP contribution in [0, 0.1) is 5.92 Å². The third-order valence-electron chi connectivity index (χ3n) is 2.73. The van der Waals surface area contributed by atoms with Gasteiger partial charge in [-0.3, -0.25) is 0 Å². The van der Waals surface area contributed by atoms with E-state index < -0.39 is 6.10 Å². The van der Waals surface area contributed by atoms with Gasteiger partial charge in [0.15, 0.2) is 0 Å². The molecule has 0 heterocycles. The molecule has 4 nitrogen and oxygen atoms in total. The number of aliphatic hydroxyl groups is 2. The summed E-state index contributed by atoms with van der Waals surface area (Å²) in [6, 6.07) is 0.0673. The molecule has 0 spiro atoms. The number of nitrogens with one attached hydrogen (secondary N) is 1. The largest absolute Gasteiger partial charge is 0.395 e. The first kappa shape index (κ1) is 16.8. The lowest BCUT2D eigenvalue weighted by atomic mass is 10.1. The molecule has 0 aliphatic heterocycles. The van der Waals surface area contributed by atoms with Crippen LogP contribution in [0.15, 0.2) is 0 Å². The fourth-order valence-corrected chi connectivity index (χ4v) is 1.71. The molecule has 0 fully saturated rings. The van der Waals surface area contributed by atoms with E-state index >= 15 is 0 Å². The van der Waals surface area contributed by atoms with E-state index in [-0.39, 0.29) is 18.8 Å². The van der Waals surface area contributed by atoms with Crippen molar-refractivity contribution in [3.8, 4) is 0 Å².